The van der Waals surface area contributed by atoms with Crippen LogP contribution in [0.3, 0.4) is 0 Å². The zero-order valence-corrected chi connectivity index (χ0v) is 12.3. The van der Waals surface area contributed by atoms with Crippen molar-refractivity contribution in [3.63, 3.8) is 0 Å². The average molecular weight is 306 g/mol. The zero-order valence-electron chi connectivity index (χ0n) is 12.3. The summed E-state index contributed by atoms with van der Waals surface area (Å²) in [7, 11) is 0. The standard InChI is InChI=1S/C19H12F2N2/c1-13-11-22-19(23-12-13)16-7-4-14(5-8-16)2-3-15-6-9-17(20)18(21)10-15/h4-12H,1H3. The minimum Gasteiger partial charge on any atom is -0.236 e. The molecule has 0 amide bonds. The number of halogens is 2. The highest BCUT2D eigenvalue weighted by molar-refractivity contribution is 5.57. The summed E-state index contributed by atoms with van der Waals surface area (Å²) in [6, 6.07) is 11.0. The van der Waals surface area contributed by atoms with Crippen molar-refractivity contribution in [2.45, 2.75) is 6.92 Å². The molecule has 3 aromatic rings. The van der Waals surface area contributed by atoms with Gasteiger partial charge in [0.15, 0.2) is 17.5 Å². The highest BCUT2D eigenvalue weighted by Crippen LogP contribution is 2.15. The molecule has 23 heavy (non-hydrogen) atoms. The number of hydrogen-bond donors (Lipinski definition) is 0. The van der Waals surface area contributed by atoms with Crippen LogP contribution in [0.1, 0.15) is 16.7 Å². The Balaban J connectivity index is 1.81. The van der Waals surface area contributed by atoms with Gasteiger partial charge in [-0.25, -0.2) is 18.7 Å². The molecule has 0 aliphatic rings. The smallest absolute Gasteiger partial charge is 0.160 e. The van der Waals surface area contributed by atoms with E-state index in [9.17, 15) is 8.78 Å². The van der Waals surface area contributed by atoms with Crippen LogP contribution in [0.4, 0.5) is 8.78 Å². The lowest BCUT2D eigenvalue weighted by Gasteiger charge is -2.00. The molecule has 0 N–H and O–H groups in total. The Morgan fingerprint density at radius 1 is 0.783 bits per heavy atom. The van der Waals surface area contributed by atoms with E-state index in [0.29, 0.717) is 11.4 Å². The maximum Gasteiger partial charge on any atom is 0.160 e. The third-order valence-corrected chi connectivity index (χ3v) is 3.19. The molecule has 4 heteroatoms. The largest absolute Gasteiger partial charge is 0.236 e. The van der Waals surface area contributed by atoms with Crippen molar-refractivity contribution in [1.29, 1.82) is 0 Å². The number of rotatable bonds is 1. The van der Waals surface area contributed by atoms with Gasteiger partial charge in [-0.05, 0) is 55.0 Å². The Kier molecular flexibility index (Phi) is 4.11. The van der Waals surface area contributed by atoms with E-state index in [0.717, 1.165) is 28.8 Å². The minimum atomic E-state index is -0.899. The molecule has 0 bridgehead atoms. The van der Waals surface area contributed by atoms with Crippen molar-refractivity contribution in [3.8, 4) is 23.2 Å². The normalized spacial score (nSPS) is 10.0. The molecule has 1 heterocycles. The van der Waals surface area contributed by atoms with Gasteiger partial charge in [0.05, 0.1) is 0 Å². The summed E-state index contributed by atoms with van der Waals surface area (Å²) in [4.78, 5) is 8.53. The van der Waals surface area contributed by atoms with E-state index in [-0.39, 0.29) is 0 Å². The summed E-state index contributed by atoms with van der Waals surface area (Å²) in [5.74, 6) is 4.60. The van der Waals surface area contributed by atoms with Crippen LogP contribution >= 0.6 is 0 Å². The number of hydrogen-bond acceptors (Lipinski definition) is 2. The first-order valence-electron chi connectivity index (χ1n) is 6.98. The van der Waals surface area contributed by atoms with Gasteiger partial charge in [-0.2, -0.15) is 0 Å². The van der Waals surface area contributed by atoms with Crippen LogP contribution in [0, 0.1) is 30.4 Å². The highest BCUT2D eigenvalue weighted by atomic mass is 19.2. The van der Waals surface area contributed by atoms with E-state index in [4.69, 9.17) is 0 Å². The van der Waals surface area contributed by atoms with Crippen LogP contribution in [0.25, 0.3) is 11.4 Å². The second-order valence-corrected chi connectivity index (χ2v) is 5.04. The molecule has 1 aromatic heterocycles. The monoisotopic (exact) mass is 306 g/mol. The maximum atomic E-state index is 13.1. The molecule has 0 atom stereocenters. The molecule has 0 saturated carbocycles. The Labute approximate surface area is 132 Å². The molecule has 0 radical (unpaired) electrons. The Morgan fingerprint density at radius 2 is 1.39 bits per heavy atom. The molecule has 0 aliphatic carbocycles. The first-order chi connectivity index (χ1) is 11.1. The molecule has 3 rings (SSSR count). The van der Waals surface area contributed by atoms with Crippen LogP contribution in [-0.4, -0.2) is 9.97 Å². The maximum absolute atomic E-state index is 13.1. The topological polar surface area (TPSA) is 25.8 Å². The zero-order chi connectivity index (χ0) is 16.2. The van der Waals surface area contributed by atoms with Gasteiger partial charge in [0, 0.05) is 29.1 Å². The molecular formula is C19H12F2N2. The highest BCUT2D eigenvalue weighted by Gasteiger charge is 2.01. The fraction of sp³-hybridized carbons (Fsp3) is 0.0526. The van der Waals surface area contributed by atoms with Gasteiger partial charge < -0.3 is 0 Å². The average Bonchev–Trinajstić information content (AvgIpc) is 2.57. The lowest BCUT2D eigenvalue weighted by Crippen LogP contribution is -1.89. The van der Waals surface area contributed by atoms with Gasteiger partial charge in [0.25, 0.3) is 0 Å². The summed E-state index contributed by atoms with van der Waals surface area (Å²) >= 11 is 0. The molecule has 0 fully saturated rings. The van der Waals surface area contributed by atoms with E-state index in [2.05, 4.69) is 21.8 Å². The number of aromatic nitrogens is 2. The van der Waals surface area contributed by atoms with Crippen molar-refractivity contribution in [2.24, 2.45) is 0 Å². The number of benzene rings is 2. The van der Waals surface area contributed by atoms with Crippen molar-refractivity contribution in [2.75, 3.05) is 0 Å². The molecular weight excluding hydrogens is 294 g/mol. The minimum absolute atomic E-state index is 0.426. The summed E-state index contributed by atoms with van der Waals surface area (Å²) in [5, 5.41) is 0. The van der Waals surface area contributed by atoms with Gasteiger partial charge in [0.1, 0.15) is 0 Å². The third-order valence-electron chi connectivity index (χ3n) is 3.19. The van der Waals surface area contributed by atoms with Crippen molar-refractivity contribution in [3.05, 3.63) is 83.2 Å². The Hall–Kier alpha value is -3.06. The van der Waals surface area contributed by atoms with Gasteiger partial charge in [-0.3, -0.25) is 0 Å². The molecule has 2 nitrogen and oxygen atoms in total. The SMILES string of the molecule is Cc1cnc(-c2ccc(C#Cc3ccc(F)c(F)c3)cc2)nc1. The van der Waals surface area contributed by atoms with Crippen LogP contribution in [-0.2, 0) is 0 Å². The quantitative estimate of drug-likeness (QED) is 0.632. The summed E-state index contributed by atoms with van der Waals surface area (Å²) in [5.41, 5.74) is 3.09. The van der Waals surface area contributed by atoms with Crippen LogP contribution in [0.5, 0.6) is 0 Å². The van der Waals surface area contributed by atoms with E-state index in [1.165, 1.54) is 6.07 Å². The fourth-order valence-electron chi connectivity index (χ4n) is 1.96. The summed E-state index contributed by atoms with van der Waals surface area (Å²) < 4.78 is 26.0. The number of aryl methyl sites for hydroxylation is 1. The van der Waals surface area contributed by atoms with Gasteiger partial charge in [-0.1, -0.05) is 11.8 Å². The van der Waals surface area contributed by atoms with Gasteiger partial charge in [0.2, 0.25) is 0 Å². The van der Waals surface area contributed by atoms with Crippen LogP contribution in [0.2, 0.25) is 0 Å². The van der Waals surface area contributed by atoms with Crippen LogP contribution < -0.4 is 0 Å². The summed E-state index contributed by atoms with van der Waals surface area (Å²) in [6.45, 7) is 1.93. The molecule has 0 spiro atoms. The van der Waals surface area contributed by atoms with Gasteiger partial charge in [-0.15, -0.1) is 0 Å². The first-order valence-corrected chi connectivity index (χ1v) is 6.98. The molecule has 0 unspecified atom stereocenters. The lowest BCUT2D eigenvalue weighted by atomic mass is 10.1. The number of nitrogens with zero attached hydrogens (tertiary/aromatic N) is 2. The van der Waals surface area contributed by atoms with E-state index in [1.807, 2.05) is 31.2 Å². The third kappa shape index (κ3) is 3.58. The lowest BCUT2D eigenvalue weighted by molar-refractivity contribution is 0.508. The molecule has 112 valence electrons. The van der Waals surface area contributed by atoms with Crippen molar-refractivity contribution < 1.29 is 8.78 Å². The summed E-state index contributed by atoms with van der Waals surface area (Å²) in [6.07, 6.45) is 3.53. The van der Waals surface area contributed by atoms with E-state index in [1.54, 1.807) is 12.4 Å². The molecule has 0 saturated heterocycles. The van der Waals surface area contributed by atoms with Crippen molar-refractivity contribution in [1.82, 2.24) is 9.97 Å². The van der Waals surface area contributed by atoms with Gasteiger partial charge >= 0.3 is 0 Å². The predicted molar refractivity (Wildman–Crippen MR) is 84.5 cm³/mol. The van der Waals surface area contributed by atoms with E-state index >= 15 is 0 Å². The second-order valence-electron chi connectivity index (χ2n) is 5.04. The van der Waals surface area contributed by atoms with E-state index < -0.39 is 11.6 Å². The molecule has 2 aromatic carbocycles. The Morgan fingerprint density at radius 3 is 2.04 bits per heavy atom. The van der Waals surface area contributed by atoms with Crippen molar-refractivity contribution >= 4 is 0 Å². The molecule has 0 aliphatic heterocycles. The predicted octanol–water partition coefficient (Wildman–Crippen LogP) is 4.13. The fourth-order valence-corrected chi connectivity index (χ4v) is 1.96. The van der Waals surface area contributed by atoms with Crippen LogP contribution in [0.15, 0.2) is 54.9 Å². The first kappa shape index (κ1) is 14.9. The Bertz CT molecular complexity index is 889. The second kappa shape index (κ2) is 6.37.